The highest BCUT2D eigenvalue weighted by Crippen LogP contribution is 2.41. The van der Waals surface area contributed by atoms with Crippen molar-refractivity contribution in [3.8, 4) is 11.4 Å². The maximum atomic E-state index is 13.4. The largest absolute Gasteiger partial charge is 0.344 e. The van der Waals surface area contributed by atoms with Gasteiger partial charge in [-0.1, -0.05) is 30.0 Å². The van der Waals surface area contributed by atoms with E-state index >= 15 is 0 Å². The van der Waals surface area contributed by atoms with Gasteiger partial charge in [-0.25, -0.2) is 4.39 Å². The van der Waals surface area contributed by atoms with Crippen LogP contribution in [-0.2, 0) is 4.79 Å². The molecule has 3 heterocycles. The average Bonchev–Trinajstić information content (AvgIpc) is 3.33. The molecule has 0 spiro atoms. The molecule has 0 unspecified atom stereocenters. The Labute approximate surface area is 192 Å². The lowest BCUT2D eigenvalue weighted by Crippen LogP contribution is -2.30. The number of pyridine rings is 1. The second-order valence-electron chi connectivity index (χ2n) is 7.51. The number of nitrogens with zero attached hydrogens (tertiary/aromatic N) is 4. The SMILES string of the molecule is O=C(CSc1nnc(-c2cccnc2)n1C1CC1)N[C@H](c1ccc(F)cc1)c1cccs1. The first-order valence-corrected chi connectivity index (χ1v) is 12.1. The van der Waals surface area contributed by atoms with Crippen LogP contribution >= 0.6 is 23.1 Å². The van der Waals surface area contributed by atoms with E-state index in [4.69, 9.17) is 0 Å². The predicted octanol–water partition coefficient (Wildman–Crippen LogP) is 4.87. The molecule has 1 aliphatic rings. The van der Waals surface area contributed by atoms with Crippen LogP contribution in [0.3, 0.4) is 0 Å². The zero-order valence-corrected chi connectivity index (χ0v) is 18.7. The molecule has 32 heavy (non-hydrogen) atoms. The molecule has 3 aromatic heterocycles. The summed E-state index contributed by atoms with van der Waals surface area (Å²) in [5.74, 6) is 0.572. The van der Waals surface area contributed by atoms with E-state index in [1.165, 1.54) is 23.9 Å². The van der Waals surface area contributed by atoms with Crippen molar-refractivity contribution in [2.45, 2.75) is 30.1 Å². The molecule has 0 bridgehead atoms. The standard InChI is InChI=1S/C23H20FN5OS2/c24-17-7-5-15(6-8-17)21(19-4-2-12-31-19)26-20(30)14-32-23-28-27-22(29(23)18-9-10-18)16-3-1-11-25-13-16/h1-8,11-13,18,21H,9-10,14H2,(H,26,30)/t21-/m1/s1. The van der Waals surface area contributed by atoms with Crippen LogP contribution in [0.25, 0.3) is 11.4 Å². The number of benzene rings is 1. The topological polar surface area (TPSA) is 72.7 Å². The number of carbonyl (C=O) groups excluding carboxylic acids is 1. The minimum Gasteiger partial charge on any atom is -0.344 e. The molecule has 1 N–H and O–H groups in total. The summed E-state index contributed by atoms with van der Waals surface area (Å²) in [4.78, 5) is 18.0. The number of carbonyl (C=O) groups is 1. The van der Waals surface area contributed by atoms with Crippen LogP contribution in [0.2, 0.25) is 0 Å². The summed E-state index contributed by atoms with van der Waals surface area (Å²) in [7, 11) is 0. The number of hydrogen-bond donors (Lipinski definition) is 1. The first-order valence-electron chi connectivity index (χ1n) is 10.3. The first-order chi connectivity index (χ1) is 15.7. The number of rotatable bonds is 8. The zero-order valence-electron chi connectivity index (χ0n) is 17.0. The minimum absolute atomic E-state index is 0.119. The molecule has 1 saturated carbocycles. The fraction of sp³-hybridized carbons (Fsp3) is 0.217. The summed E-state index contributed by atoms with van der Waals surface area (Å²) in [5.41, 5.74) is 1.75. The van der Waals surface area contributed by atoms with Crippen molar-refractivity contribution in [2.75, 3.05) is 5.75 Å². The van der Waals surface area contributed by atoms with Crippen molar-refractivity contribution in [2.24, 2.45) is 0 Å². The van der Waals surface area contributed by atoms with Crippen molar-refractivity contribution < 1.29 is 9.18 Å². The zero-order chi connectivity index (χ0) is 21.9. The van der Waals surface area contributed by atoms with Gasteiger partial charge < -0.3 is 5.32 Å². The number of amides is 1. The van der Waals surface area contributed by atoms with E-state index in [1.54, 1.807) is 35.9 Å². The third kappa shape index (κ3) is 4.58. The highest BCUT2D eigenvalue weighted by atomic mass is 32.2. The lowest BCUT2D eigenvalue weighted by molar-refractivity contribution is -0.119. The van der Waals surface area contributed by atoms with Gasteiger partial charge in [-0.2, -0.15) is 0 Å². The summed E-state index contributed by atoms with van der Waals surface area (Å²) < 4.78 is 15.5. The van der Waals surface area contributed by atoms with Crippen molar-refractivity contribution >= 4 is 29.0 Å². The second kappa shape index (κ2) is 9.22. The Kier molecular flexibility index (Phi) is 6.00. The van der Waals surface area contributed by atoms with Gasteiger partial charge in [0, 0.05) is 28.9 Å². The van der Waals surface area contributed by atoms with Crippen LogP contribution in [0, 0.1) is 5.82 Å². The molecule has 1 aliphatic carbocycles. The van der Waals surface area contributed by atoms with E-state index in [-0.39, 0.29) is 23.5 Å². The van der Waals surface area contributed by atoms with Crippen molar-refractivity contribution in [1.29, 1.82) is 0 Å². The van der Waals surface area contributed by atoms with Gasteiger partial charge >= 0.3 is 0 Å². The quantitative estimate of drug-likeness (QED) is 0.376. The van der Waals surface area contributed by atoms with Crippen LogP contribution in [0.5, 0.6) is 0 Å². The molecule has 0 radical (unpaired) electrons. The number of aromatic nitrogens is 4. The summed E-state index contributed by atoms with van der Waals surface area (Å²) in [5, 5.41) is 14.5. The molecule has 4 aromatic rings. The minimum atomic E-state index is -0.323. The van der Waals surface area contributed by atoms with Crippen LogP contribution in [0.1, 0.15) is 35.4 Å². The van der Waals surface area contributed by atoms with Gasteiger partial charge in [-0.3, -0.25) is 14.3 Å². The van der Waals surface area contributed by atoms with Gasteiger partial charge in [0.05, 0.1) is 11.8 Å². The van der Waals surface area contributed by atoms with Gasteiger partial charge in [0.25, 0.3) is 0 Å². The van der Waals surface area contributed by atoms with Crippen LogP contribution < -0.4 is 5.32 Å². The third-order valence-corrected chi connectivity index (χ3v) is 7.05. The van der Waals surface area contributed by atoms with E-state index in [0.717, 1.165) is 39.8 Å². The first kappa shape index (κ1) is 20.8. The lowest BCUT2D eigenvalue weighted by atomic mass is 10.1. The van der Waals surface area contributed by atoms with E-state index in [0.29, 0.717) is 6.04 Å². The molecule has 0 aliphatic heterocycles. The number of nitrogens with one attached hydrogen (secondary N) is 1. The summed E-state index contributed by atoms with van der Waals surface area (Å²) in [6, 6.07) is 14.0. The van der Waals surface area contributed by atoms with Gasteiger partial charge in [-0.05, 0) is 54.1 Å². The fourth-order valence-electron chi connectivity index (χ4n) is 3.49. The van der Waals surface area contributed by atoms with Crippen molar-refractivity contribution in [1.82, 2.24) is 25.1 Å². The maximum absolute atomic E-state index is 13.4. The smallest absolute Gasteiger partial charge is 0.231 e. The Morgan fingerprint density at radius 1 is 1.19 bits per heavy atom. The Hall–Kier alpha value is -3.04. The molecule has 6 nitrogen and oxygen atoms in total. The highest BCUT2D eigenvalue weighted by molar-refractivity contribution is 7.99. The van der Waals surface area contributed by atoms with Crippen LogP contribution in [-0.4, -0.2) is 31.4 Å². The molecule has 1 fully saturated rings. The Morgan fingerprint density at radius 3 is 2.72 bits per heavy atom. The third-order valence-electron chi connectivity index (χ3n) is 5.17. The van der Waals surface area contributed by atoms with Gasteiger partial charge in [0.1, 0.15) is 5.82 Å². The van der Waals surface area contributed by atoms with Crippen molar-refractivity contribution in [3.05, 3.63) is 82.6 Å². The van der Waals surface area contributed by atoms with E-state index in [2.05, 4.69) is 25.1 Å². The van der Waals surface area contributed by atoms with E-state index < -0.39 is 0 Å². The van der Waals surface area contributed by atoms with Crippen LogP contribution in [0.4, 0.5) is 4.39 Å². The summed E-state index contributed by atoms with van der Waals surface area (Å²) in [6.45, 7) is 0. The van der Waals surface area contributed by atoms with Gasteiger partial charge in [0.15, 0.2) is 11.0 Å². The molecule has 162 valence electrons. The second-order valence-corrected chi connectivity index (χ2v) is 9.43. The van der Waals surface area contributed by atoms with Crippen LogP contribution in [0.15, 0.2) is 71.5 Å². The molecule has 9 heteroatoms. The number of hydrogen-bond acceptors (Lipinski definition) is 6. The normalized spacial score (nSPS) is 14.3. The maximum Gasteiger partial charge on any atom is 0.231 e. The Morgan fingerprint density at radius 2 is 2.03 bits per heavy atom. The monoisotopic (exact) mass is 465 g/mol. The van der Waals surface area contributed by atoms with E-state index in [1.807, 2.05) is 29.6 Å². The van der Waals surface area contributed by atoms with Crippen molar-refractivity contribution in [3.63, 3.8) is 0 Å². The highest BCUT2D eigenvalue weighted by Gasteiger charge is 2.30. The summed E-state index contributed by atoms with van der Waals surface area (Å²) >= 11 is 2.93. The molecule has 1 amide bonds. The molecule has 1 atom stereocenters. The van der Waals surface area contributed by atoms with Gasteiger partial charge in [-0.15, -0.1) is 21.5 Å². The average molecular weight is 466 g/mol. The predicted molar refractivity (Wildman–Crippen MR) is 123 cm³/mol. The lowest BCUT2D eigenvalue weighted by Gasteiger charge is -2.18. The molecular formula is C23H20FN5OS2. The fourth-order valence-corrected chi connectivity index (χ4v) is 5.11. The molecular weight excluding hydrogens is 445 g/mol. The summed E-state index contributed by atoms with van der Waals surface area (Å²) in [6.07, 6.45) is 5.66. The molecule has 0 saturated heterocycles. The van der Waals surface area contributed by atoms with E-state index in [9.17, 15) is 9.18 Å². The molecule has 5 rings (SSSR count). The van der Waals surface area contributed by atoms with Gasteiger partial charge in [0.2, 0.25) is 5.91 Å². The number of halogens is 1. The Bertz CT molecular complexity index is 1190. The Balaban J connectivity index is 1.31. The number of thiophene rings is 1. The molecule has 1 aromatic carbocycles. The number of thioether (sulfide) groups is 1.